The Morgan fingerprint density at radius 2 is 1.79 bits per heavy atom. The smallest absolute Gasteiger partial charge is 0.186 e. The second-order valence-corrected chi connectivity index (χ2v) is 4.67. The zero-order valence-corrected chi connectivity index (χ0v) is 12.0. The van der Waals surface area contributed by atoms with E-state index in [0.717, 1.165) is 0 Å². The molecule has 0 atom stereocenters. The topological polar surface area (TPSA) is 52.6 Å². The van der Waals surface area contributed by atoms with Crippen molar-refractivity contribution in [1.82, 2.24) is 0 Å². The zero-order valence-electron chi connectivity index (χ0n) is 10.4. The molecule has 1 aromatic rings. The Morgan fingerprint density at radius 1 is 1.05 bits per heavy atom. The molecule has 4 nitrogen and oxygen atoms in total. The number of halogens is 1. The van der Waals surface area contributed by atoms with E-state index >= 15 is 0 Å². The van der Waals surface area contributed by atoms with Crippen LogP contribution in [-0.4, -0.2) is 25.8 Å². The molecule has 0 saturated carbocycles. The van der Waals surface area contributed by atoms with Gasteiger partial charge in [0.2, 0.25) is 0 Å². The van der Waals surface area contributed by atoms with Crippen LogP contribution in [0, 0.1) is 0 Å². The highest BCUT2D eigenvalue weighted by atomic mass is 79.9. The minimum Gasteiger partial charge on any atom is -0.496 e. The van der Waals surface area contributed by atoms with Crippen LogP contribution < -0.4 is 9.47 Å². The number of ketones is 2. The van der Waals surface area contributed by atoms with E-state index in [0.29, 0.717) is 21.5 Å². The number of ether oxygens (including phenoxy) is 2. The molecule has 0 fully saturated rings. The van der Waals surface area contributed by atoms with Crippen LogP contribution in [0.1, 0.15) is 5.56 Å². The number of carbonyl (C=O) groups excluding carboxylic acids is 2. The highest BCUT2D eigenvalue weighted by Crippen LogP contribution is 2.41. The van der Waals surface area contributed by atoms with Crippen LogP contribution >= 0.6 is 15.9 Å². The number of rotatable bonds is 3. The van der Waals surface area contributed by atoms with Gasteiger partial charge in [0.15, 0.2) is 11.6 Å². The van der Waals surface area contributed by atoms with Crippen molar-refractivity contribution >= 4 is 33.1 Å². The lowest BCUT2D eigenvalue weighted by Crippen LogP contribution is -2.09. The number of benzene rings is 1. The normalized spacial score (nSPS) is 14.4. The Hall–Kier alpha value is -1.88. The Labute approximate surface area is 118 Å². The first-order chi connectivity index (χ1) is 9.08. The molecule has 0 amide bonds. The molecule has 0 heterocycles. The van der Waals surface area contributed by atoms with Gasteiger partial charge in [0.05, 0.1) is 24.3 Å². The number of methoxy groups -OCH3 is 2. The van der Waals surface area contributed by atoms with Crippen LogP contribution in [0.4, 0.5) is 0 Å². The molecule has 0 N–H and O–H groups in total. The maximum Gasteiger partial charge on any atom is 0.186 e. The lowest BCUT2D eigenvalue weighted by Gasteiger charge is -2.16. The summed E-state index contributed by atoms with van der Waals surface area (Å²) >= 11 is 3.35. The Kier molecular flexibility index (Phi) is 3.85. The number of hydrogen-bond acceptors (Lipinski definition) is 4. The van der Waals surface area contributed by atoms with Crippen molar-refractivity contribution < 1.29 is 19.1 Å². The first-order valence-corrected chi connectivity index (χ1v) is 6.26. The predicted molar refractivity (Wildman–Crippen MR) is 74.4 cm³/mol. The van der Waals surface area contributed by atoms with Crippen LogP contribution in [0.15, 0.2) is 34.8 Å². The first kappa shape index (κ1) is 13.5. The molecule has 0 aliphatic heterocycles. The third kappa shape index (κ3) is 2.46. The molecule has 0 spiro atoms. The van der Waals surface area contributed by atoms with E-state index in [9.17, 15) is 9.59 Å². The van der Waals surface area contributed by atoms with Crippen molar-refractivity contribution in [2.75, 3.05) is 14.2 Å². The molecule has 1 aromatic carbocycles. The molecule has 0 unspecified atom stereocenters. The average Bonchev–Trinajstić information content (AvgIpc) is 2.41. The molecule has 98 valence electrons. The Bertz CT molecular complexity index is 614. The summed E-state index contributed by atoms with van der Waals surface area (Å²) in [5.74, 6) is 0.442. The van der Waals surface area contributed by atoms with Crippen LogP contribution in [0.3, 0.4) is 0 Å². The van der Waals surface area contributed by atoms with Crippen molar-refractivity contribution in [3.63, 3.8) is 0 Å². The van der Waals surface area contributed by atoms with Gasteiger partial charge in [0.25, 0.3) is 0 Å². The van der Waals surface area contributed by atoms with E-state index < -0.39 is 0 Å². The average molecular weight is 323 g/mol. The van der Waals surface area contributed by atoms with E-state index in [1.165, 1.54) is 32.4 Å². The van der Waals surface area contributed by atoms with Gasteiger partial charge in [-0.25, -0.2) is 0 Å². The minimum absolute atomic E-state index is 0.237. The molecule has 1 aliphatic carbocycles. The third-order valence-electron chi connectivity index (χ3n) is 2.72. The van der Waals surface area contributed by atoms with E-state index in [-0.39, 0.29) is 17.1 Å². The molecule has 0 aromatic heterocycles. The Morgan fingerprint density at radius 3 is 2.42 bits per heavy atom. The molecule has 2 rings (SSSR count). The molecular formula is C14H11BrO4. The van der Waals surface area contributed by atoms with Crippen molar-refractivity contribution in [3.8, 4) is 11.5 Å². The van der Waals surface area contributed by atoms with Gasteiger partial charge in [-0.3, -0.25) is 9.59 Å². The van der Waals surface area contributed by atoms with Gasteiger partial charge in [0, 0.05) is 5.57 Å². The quantitative estimate of drug-likeness (QED) is 0.802. The molecule has 1 aliphatic rings. The summed E-state index contributed by atoms with van der Waals surface area (Å²) in [5.41, 5.74) is 0.740. The van der Waals surface area contributed by atoms with Crippen LogP contribution in [-0.2, 0) is 9.59 Å². The number of hydrogen-bond donors (Lipinski definition) is 0. The van der Waals surface area contributed by atoms with Gasteiger partial charge in [-0.15, -0.1) is 0 Å². The summed E-state index contributed by atoms with van der Waals surface area (Å²) in [7, 11) is 2.99. The fourth-order valence-corrected chi connectivity index (χ4v) is 2.36. The zero-order chi connectivity index (χ0) is 14.0. The van der Waals surface area contributed by atoms with Gasteiger partial charge >= 0.3 is 0 Å². The SMILES string of the molecule is COc1ccc(Br)c(OC)c1C1=CC(=O)C=CC1=O. The number of carbonyl (C=O) groups is 2. The molecule has 0 radical (unpaired) electrons. The van der Waals surface area contributed by atoms with Gasteiger partial charge in [-0.2, -0.15) is 0 Å². The minimum atomic E-state index is -0.255. The van der Waals surface area contributed by atoms with Gasteiger partial charge in [-0.05, 0) is 46.3 Å². The molecular weight excluding hydrogens is 312 g/mol. The maximum absolute atomic E-state index is 12.0. The molecule has 19 heavy (non-hydrogen) atoms. The lowest BCUT2D eigenvalue weighted by atomic mass is 9.95. The van der Waals surface area contributed by atoms with Crippen molar-refractivity contribution in [3.05, 3.63) is 40.4 Å². The lowest BCUT2D eigenvalue weighted by molar-refractivity contribution is -0.113. The summed E-state index contributed by atoms with van der Waals surface area (Å²) in [6.07, 6.45) is 3.77. The van der Waals surface area contributed by atoms with Crippen LogP contribution in [0.2, 0.25) is 0 Å². The van der Waals surface area contributed by atoms with E-state index in [1.807, 2.05) is 0 Å². The summed E-state index contributed by atoms with van der Waals surface area (Å²) in [6.45, 7) is 0. The van der Waals surface area contributed by atoms with E-state index in [4.69, 9.17) is 9.47 Å². The maximum atomic E-state index is 12.0. The third-order valence-corrected chi connectivity index (χ3v) is 3.34. The highest BCUT2D eigenvalue weighted by Gasteiger charge is 2.24. The van der Waals surface area contributed by atoms with Gasteiger partial charge in [0.1, 0.15) is 11.5 Å². The summed E-state index contributed by atoms with van der Waals surface area (Å²) in [6, 6.07) is 3.46. The first-order valence-electron chi connectivity index (χ1n) is 5.47. The van der Waals surface area contributed by atoms with E-state index in [1.54, 1.807) is 12.1 Å². The van der Waals surface area contributed by atoms with Crippen molar-refractivity contribution in [1.29, 1.82) is 0 Å². The Balaban J connectivity index is 2.70. The fourth-order valence-electron chi connectivity index (χ4n) is 1.87. The van der Waals surface area contributed by atoms with Gasteiger partial charge < -0.3 is 9.47 Å². The monoisotopic (exact) mass is 322 g/mol. The predicted octanol–water partition coefficient (Wildman–Crippen LogP) is 2.56. The summed E-state index contributed by atoms with van der Waals surface area (Å²) < 4.78 is 11.2. The largest absolute Gasteiger partial charge is 0.496 e. The highest BCUT2D eigenvalue weighted by molar-refractivity contribution is 9.10. The van der Waals surface area contributed by atoms with Crippen LogP contribution in [0.5, 0.6) is 11.5 Å². The summed E-state index contributed by atoms with van der Waals surface area (Å²) in [5, 5.41) is 0. The fraction of sp³-hybridized carbons (Fsp3) is 0.143. The molecule has 0 bridgehead atoms. The molecule has 0 saturated heterocycles. The van der Waals surface area contributed by atoms with Gasteiger partial charge in [-0.1, -0.05) is 0 Å². The van der Waals surface area contributed by atoms with E-state index in [2.05, 4.69) is 15.9 Å². The van der Waals surface area contributed by atoms with Crippen LogP contribution in [0.25, 0.3) is 5.57 Å². The number of allylic oxidation sites excluding steroid dienone is 4. The summed E-state index contributed by atoms with van der Waals surface area (Å²) in [4.78, 5) is 23.4. The second-order valence-electron chi connectivity index (χ2n) is 3.82. The van der Waals surface area contributed by atoms with Crippen molar-refractivity contribution in [2.45, 2.75) is 0 Å². The standard InChI is InChI=1S/C14H11BrO4/c1-18-12-6-4-10(15)14(19-2)13(12)9-7-8(16)3-5-11(9)17/h3-7H,1-2H3. The molecule has 5 heteroatoms. The second kappa shape index (κ2) is 5.40. The van der Waals surface area contributed by atoms with Crippen molar-refractivity contribution in [2.24, 2.45) is 0 Å².